The van der Waals surface area contributed by atoms with Crippen molar-refractivity contribution in [1.82, 2.24) is 10.9 Å². The molecule has 0 aliphatic rings. The Bertz CT molecular complexity index is 702. The summed E-state index contributed by atoms with van der Waals surface area (Å²) < 4.78 is 18.3. The van der Waals surface area contributed by atoms with Crippen molar-refractivity contribution in [2.45, 2.75) is 19.8 Å². The summed E-state index contributed by atoms with van der Waals surface area (Å²) >= 11 is 0. The lowest BCUT2D eigenvalue weighted by atomic mass is 10.1. The molecular weight excluding hydrogens is 311 g/mol. The number of nitrogens with one attached hydrogen (secondary N) is 2. The van der Waals surface area contributed by atoms with Gasteiger partial charge in [0.1, 0.15) is 11.6 Å². The predicted molar refractivity (Wildman–Crippen MR) is 87.9 cm³/mol. The number of halogens is 1. The highest BCUT2D eigenvalue weighted by atomic mass is 19.1. The second-order valence-corrected chi connectivity index (χ2v) is 5.09. The lowest BCUT2D eigenvalue weighted by Gasteiger charge is -2.08. The fourth-order valence-corrected chi connectivity index (χ4v) is 2.08. The Kier molecular flexibility index (Phi) is 6.31. The molecule has 0 unspecified atom stereocenters. The first-order chi connectivity index (χ1) is 11.6. The van der Waals surface area contributed by atoms with Crippen LogP contribution in [0.2, 0.25) is 0 Å². The second kappa shape index (κ2) is 8.67. The molecule has 2 N–H and O–H groups in total. The summed E-state index contributed by atoms with van der Waals surface area (Å²) in [7, 11) is 0. The molecule has 2 aromatic carbocycles. The van der Waals surface area contributed by atoms with Gasteiger partial charge in [-0.2, -0.15) is 0 Å². The van der Waals surface area contributed by atoms with Crippen molar-refractivity contribution >= 4 is 11.8 Å². The van der Waals surface area contributed by atoms with Crippen LogP contribution in [0.15, 0.2) is 48.5 Å². The van der Waals surface area contributed by atoms with E-state index in [1.807, 2.05) is 6.92 Å². The van der Waals surface area contributed by atoms with E-state index in [4.69, 9.17) is 4.74 Å². The van der Waals surface area contributed by atoms with Crippen LogP contribution < -0.4 is 15.6 Å². The molecule has 24 heavy (non-hydrogen) atoms. The smallest absolute Gasteiger partial charge is 0.269 e. The molecule has 5 nitrogen and oxygen atoms in total. The van der Waals surface area contributed by atoms with Crippen LogP contribution in [0.1, 0.15) is 29.3 Å². The topological polar surface area (TPSA) is 67.4 Å². The number of aryl methyl sites for hydroxylation is 1. The van der Waals surface area contributed by atoms with E-state index in [-0.39, 0.29) is 18.1 Å². The third-order valence-electron chi connectivity index (χ3n) is 3.27. The Balaban J connectivity index is 1.77. The lowest BCUT2D eigenvalue weighted by Crippen LogP contribution is -2.41. The van der Waals surface area contributed by atoms with E-state index in [1.165, 1.54) is 12.1 Å². The first-order valence-electron chi connectivity index (χ1n) is 7.65. The zero-order valence-corrected chi connectivity index (χ0v) is 13.3. The van der Waals surface area contributed by atoms with Crippen molar-refractivity contribution in [2.24, 2.45) is 0 Å². The average molecular weight is 330 g/mol. The van der Waals surface area contributed by atoms with Crippen molar-refractivity contribution in [1.29, 1.82) is 0 Å². The van der Waals surface area contributed by atoms with Crippen molar-refractivity contribution in [3.8, 4) is 5.75 Å². The van der Waals surface area contributed by atoms with E-state index in [0.29, 0.717) is 24.3 Å². The number of ether oxygens (including phenoxy) is 1. The second-order valence-electron chi connectivity index (χ2n) is 5.09. The molecule has 2 amide bonds. The fourth-order valence-electron chi connectivity index (χ4n) is 2.08. The van der Waals surface area contributed by atoms with Gasteiger partial charge in [-0.15, -0.1) is 0 Å². The minimum atomic E-state index is -0.419. The summed E-state index contributed by atoms with van der Waals surface area (Å²) in [6, 6.07) is 12.7. The third kappa shape index (κ3) is 5.39. The zero-order chi connectivity index (χ0) is 17.4. The number of carbonyl (C=O) groups is 2. The van der Waals surface area contributed by atoms with E-state index in [1.54, 1.807) is 36.4 Å². The highest BCUT2D eigenvalue weighted by Crippen LogP contribution is 2.11. The molecular formula is C18H19FN2O3. The van der Waals surface area contributed by atoms with Gasteiger partial charge in [-0.05, 0) is 55.3 Å². The summed E-state index contributed by atoms with van der Waals surface area (Å²) in [5.74, 6) is -0.430. The van der Waals surface area contributed by atoms with Crippen LogP contribution in [0.25, 0.3) is 0 Å². The summed E-state index contributed by atoms with van der Waals surface area (Å²) in [4.78, 5) is 23.7. The van der Waals surface area contributed by atoms with Crippen molar-refractivity contribution in [3.05, 3.63) is 65.5 Å². The standard InChI is InChI=1S/C18H19FN2O3/c1-2-24-16-9-7-14(8-10-16)18(23)21-20-17(22)11-6-13-4-3-5-15(19)12-13/h3-5,7-10,12H,2,6,11H2,1H3,(H,20,22)(H,21,23). The molecule has 126 valence electrons. The maximum atomic E-state index is 13.0. The van der Waals surface area contributed by atoms with Crippen molar-refractivity contribution in [3.63, 3.8) is 0 Å². The van der Waals surface area contributed by atoms with Gasteiger partial charge in [0.2, 0.25) is 5.91 Å². The first kappa shape index (κ1) is 17.5. The van der Waals surface area contributed by atoms with Gasteiger partial charge in [-0.1, -0.05) is 12.1 Å². The van der Waals surface area contributed by atoms with E-state index in [2.05, 4.69) is 10.9 Å². The molecule has 2 rings (SSSR count). The third-order valence-corrected chi connectivity index (χ3v) is 3.27. The SMILES string of the molecule is CCOc1ccc(C(=O)NNC(=O)CCc2cccc(F)c2)cc1. The number of amides is 2. The van der Waals surface area contributed by atoms with E-state index < -0.39 is 5.91 Å². The quantitative estimate of drug-likeness (QED) is 0.800. The Morgan fingerprint density at radius 3 is 2.50 bits per heavy atom. The first-order valence-corrected chi connectivity index (χ1v) is 7.65. The van der Waals surface area contributed by atoms with Gasteiger partial charge >= 0.3 is 0 Å². The largest absolute Gasteiger partial charge is 0.494 e. The minimum absolute atomic E-state index is 0.146. The number of hydrazine groups is 1. The number of hydrogen-bond donors (Lipinski definition) is 2. The van der Waals surface area contributed by atoms with E-state index in [9.17, 15) is 14.0 Å². The van der Waals surface area contributed by atoms with Gasteiger partial charge in [0.05, 0.1) is 6.61 Å². The molecule has 6 heteroatoms. The van der Waals surface area contributed by atoms with E-state index >= 15 is 0 Å². The number of hydrogen-bond acceptors (Lipinski definition) is 3. The Morgan fingerprint density at radius 2 is 1.83 bits per heavy atom. The molecule has 2 aromatic rings. The lowest BCUT2D eigenvalue weighted by molar-refractivity contribution is -0.121. The normalized spacial score (nSPS) is 10.1. The summed E-state index contributed by atoms with van der Waals surface area (Å²) in [6.45, 7) is 2.42. The van der Waals surface area contributed by atoms with Gasteiger partial charge in [-0.25, -0.2) is 4.39 Å². The summed E-state index contributed by atoms with van der Waals surface area (Å²) in [5.41, 5.74) is 5.82. The van der Waals surface area contributed by atoms with Crippen LogP contribution in [-0.4, -0.2) is 18.4 Å². The Morgan fingerprint density at radius 1 is 1.08 bits per heavy atom. The molecule has 0 saturated carbocycles. The zero-order valence-electron chi connectivity index (χ0n) is 13.3. The number of benzene rings is 2. The van der Waals surface area contributed by atoms with Crippen LogP contribution in [0.5, 0.6) is 5.75 Å². The highest BCUT2D eigenvalue weighted by Gasteiger charge is 2.08. The average Bonchev–Trinajstić information content (AvgIpc) is 2.59. The molecule has 0 aliphatic carbocycles. The number of rotatable bonds is 6. The van der Waals surface area contributed by atoms with Gasteiger partial charge in [0, 0.05) is 12.0 Å². The van der Waals surface area contributed by atoms with Gasteiger partial charge in [-0.3, -0.25) is 20.4 Å². The van der Waals surface area contributed by atoms with Crippen LogP contribution in [0.4, 0.5) is 4.39 Å². The summed E-state index contributed by atoms with van der Waals surface area (Å²) in [5, 5.41) is 0. The molecule has 0 aliphatic heterocycles. The predicted octanol–water partition coefficient (Wildman–Crippen LogP) is 2.62. The molecule has 0 spiro atoms. The van der Waals surface area contributed by atoms with Crippen molar-refractivity contribution in [2.75, 3.05) is 6.61 Å². The molecule has 0 radical (unpaired) electrons. The van der Waals surface area contributed by atoms with Crippen LogP contribution in [0, 0.1) is 5.82 Å². The molecule has 0 saturated heterocycles. The maximum Gasteiger partial charge on any atom is 0.269 e. The Hall–Kier alpha value is -2.89. The number of carbonyl (C=O) groups excluding carboxylic acids is 2. The van der Waals surface area contributed by atoms with Gasteiger partial charge < -0.3 is 4.74 Å². The van der Waals surface area contributed by atoms with Gasteiger partial charge in [0.25, 0.3) is 5.91 Å². The maximum absolute atomic E-state index is 13.0. The molecule has 0 fully saturated rings. The molecule has 0 bridgehead atoms. The monoisotopic (exact) mass is 330 g/mol. The van der Waals surface area contributed by atoms with Crippen LogP contribution in [0.3, 0.4) is 0 Å². The molecule has 0 heterocycles. The Labute approximate surface area is 139 Å². The highest BCUT2D eigenvalue weighted by molar-refractivity contribution is 5.95. The van der Waals surface area contributed by atoms with Crippen LogP contribution in [-0.2, 0) is 11.2 Å². The minimum Gasteiger partial charge on any atom is -0.494 e. The molecule has 0 aromatic heterocycles. The van der Waals surface area contributed by atoms with Crippen LogP contribution >= 0.6 is 0 Å². The van der Waals surface area contributed by atoms with Crippen molar-refractivity contribution < 1.29 is 18.7 Å². The summed E-state index contributed by atoms with van der Waals surface area (Å²) in [6.07, 6.45) is 0.537. The molecule has 0 atom stereocenters. The van der Waals surface area contributed by atoms with Gasteiger partial charge in [0.15, 0.2) is 0 Å². The fraction of sp³-hybridized carbons (Fsp3) is 0.222. The van der Waals surface area contributed by atoms with E-state index in [0.717, 1.165) is 5.56 Å².